The molecule has 0 spiro atoms. The lowest BCUT2D eigenvalue weighted by molar-refractivity contribution is 0.0700. The van der Waals surface area contributed by atoms with Gasteiger partial charge in [0.15, 0.2) is 0 Å². The number of carbonyl (C=O) groups is 1. The van der Waals surface area contributed by atoms with Gasteiger partial charge in [0.05, 0.1) is 13.2 Å². The van der Waals surface area contributed by atoms with Gasteiger partial charge in [-0.2, -0.15) is 17.0 Å². The Morgan fingerprint density at radius 1 is 1.04 bits per heavy atom. The minimum Gasteiger partial charge on any atom is -0.379 e. The van der Waals surface area contributed by atoms with Gasteiger partial charge in [-0.3, -0.25) is 4.79 Å². The molecule has 1 aromatic carbocycles. The predicted molar refractivity (Wildman–Crippen MR) is 94.5 cm³/mol. The fourth-order valence-electron chi connectivity index (χ4n) is 3.18. The molecule has 7 nitrogen and oxygen atoms in total. The lowest BCUT2D eigenvalue weighted by atomic mass is 10.1. The zero-order valence-corrected chi connectivity index (χ0v) is 15.7. The van der Waals surface area contributed by atoms with Gasteiger partial charge in [0.2, 0.25) is 0 Å². The molecule has 0 unspecified atom stereocenters. The Kier molecular flexibility index (Phi) is 5.91. The molecule has 2 fully saturated rings. The van der Waals surface area contributed by atoms with E-state index in [2.05, 4.69) is 0 Å². The molecule has 1 aromatic rings. The molecule has 3 rings (SSSR count). The van der Waals surface area contributed by atoms with Crippen LogP contribution in [0.4, 0.5) is 4.39 Å². The van der Waals surface area contributed by atoms with E-state index in [9.17, 15) is 17.6 Å². The monoisotopic (exact) mass is 385 g/mol. The van der Waals surface area contributed by atoms with Crippen molar-refractivity contribution in [1.82, 2.24) is 13.5 Å². The second-order valence-electron chi connectivity index (χ2n) is 6.53. The topological polar surface area (TPSA) is 70.2 Å². The highest BCUT2D eigenvalue weighted by Gasteiger charge is 2.33. The number of ether oxygens (including phenoxy) is 1. The third kappa shape index (κ3) is 4.06. The van der Waals surface area contributed by atoms with E-state index >= 15 is 0 Å². The van der Waals surface area contributed by atoms with Crippen molar-refractivity contribution in [2.45, 2.75) is 13.3 Å². The Morgan fingerprint density at radius 2 is 1.73 bits per heavy atom. The molecule has 26 heavy (non-hydrogen) atoms. The lowest BCUT2D eigenvalue weighted by Crippen LogP contribution is -2.49. The minimum absolute atomic E-state index is 0.236. The fourth-order valence-corrected chi connectivity index (χ4v) is 4.79. The summed E-state index contributed by atoms with van der Waals surface area (Å²) in [5.74, 6) is -0.684. The molecule has 2 heterocycles. The van der Waals surface area contributed by atoms with Gasteiger partial charge in [0.1, 0.15) is 5.82 Å². The highest BCUT2D eigenvalue weighted by molar-refractivity contribution is 7.86. The molecule has 0 N–H and O–H groups in total. The van der Waals surface area contributed by atoms with E-state index in [1.807, 2.05) is 0 Å². The molecule has 0 bridgehead atoms. The van der Waals surface area contributed by atoms with Crippen LogP contribution in [-0.2, 0) is 14.9 Å². The average molecular weight is 385 g/mol. The third-order valence-corrected chi connectivity index (χ3v) is 6.82. The number of rotatable bonds is 3. The summed E-state index contributed by atoms with van der Waals surface area (Å²) in [5.41, 5.74) is 0.776. The molecule has 1 amide bonds. The Bertz CT molecular complexity index is 765. The molecule has 0 atom stereocenters. The summed E-state index contributed by atoms with van der Waals surface area (Å²) in [4.78, 5) is 14.2. The van der Waals surface area contributed by atoms with Crippen molar-refractivity contribution in [3.63, 3.8) is 0 Å². The van der Waals surface area contributed by atoms with Crippen LogP contribution in [0.1, 0.15) is 22.3 Å². The number of benzene rings is 1. The summed E-state index contributed by atoms with van der Waals surface area (Å²) in [6.45, 7) is 4.48. The fraction of sp³-hybridized carbons (Fsp3) is 0.588. The van der Waals surface area contributed by atoms with E-state index in [0.29, 0.717) is 51.4 Å². The molecule has 9 heteroatoms. The Hall–Kier alpha value is -1.55. The van der Waals surface area contributed by atoms with E-state index in [1.165, 1.54) is 14.7 Å². The van der Waals surface area contributed by atoms with Gasteiger partial charge in [-0.25, -0.2) is 4.39 Å². The van der Waals surface area contributed by atoms with Crippen LogP contribution < -0.4 is 0 Å². The van der Waals surface area contributed by atoms with Crippen LogP contribution in [0, 0.1) is 12.7 Å². The smallest absolute Gasteiger partial charge is 0.282 e. The second kappa shape index (κ2) is 7.99. The van der Waals surface area contributed by atoms with Gasteiger partial charge < -0.3 is 9.64 Å². The first-order chi connectivity index (χ1) is 12.4. The van der Waals surface area contributed by atoms with Crippen molar-refractivity contribution >= 4 is 16.1 Å². The molecule has 0 saturated carbocycles. The molecule has 0 aliphatic carbocycles. The van der Waals surface area contributed by atoms with Gasteiger partial charge in [-0.15, -0.1) is 0 Å². The third-order valence-electron chi connectivity index (χ3n) is 4.78. The summed E-state index contributed by atoms with van der Waals surface area (Å²) in [5, 5.41) is 0. The molecular weight excluding hydrogens is 361 g/mol. The van der Waals surface area contributed by atoms with Crippen LogP contribution in [-0.4, -0.2) is 80.3 Å². The number of morpholine rings is 1. The Balaban J connectivity index is 1.67. The quantitative estimate of drug-likeness (QED) is 0.774. The number of amides is 1. The average Bonchev–Trinajstić information content (AvgIpc) is 2.91. The Morgan fingerprint density at radius 3 is 2.42 bits per heavy atom. The predicted octanol–water partition coefficient (Wildman–Crippen LogP) is 0.859. The van der Waals surface area contributed by atoms with Crippen molar-refractivity contribution in [2.24, 2.45) is 0 Å². The van der Waals surface area contributed by atoms with Gasteiger partial charge in [-0.05, 0) is 31.0 Å². The number of hydrogen-bond donors (Lipinski definition) is 0. The zero-order valence-electron chi connectivity index (χ0n) is 14.9. The van der Waals surface area contributed by atoms with Crippen LogP contribution in [0.15, 0.2) is 18.2 Å². The highest BCUT2D eigenvalue weighted by Crippen LogP contribution is 2.17. The van der Waals surface area contributed by atoms with Crippen LogP contribution in [0.3, 0.4) is 0 Å². The maximum Gasteiger partial charge on any atom is 0.282 e. The number of hydrogen-bond acceptors (Lipinski definition) is 4. The van der Waals surface area contributed by atoms with Crippen molar-refractivity contribution in [2.75, 3.05) is 52.5 Å². The standard InChI is InChI=1S/C17H24FN3O4S/c1-14-3-4-15(13-16(14)18)17(22)19-5-2-6-20(8-7-19)26(23,24)21-9-11-25-12-10-21/h3-4,13H,2,5-12H2,1H3. The van der Waals surface area contributed by atoms with E-state index in [1.54, 1.807) is 24.0 Å². The number of nitrogens with zero attached hydrogens (tertiary/aromatic N) is 3. The van der Waals surface area contributed by atoms with E-state index in [4.69, 9.17) is 4.74 Å². The first-order valence-electron chi connectivity index (χ1n) is 8.78. The number of carbonyl (C=O) groups excluding carboxylic acids is 1. The molecule has 2 aliphatic heterocycles. The molecule has 0 radical (unpaired) electrons. The summed E-state index contributed by atoms with van der Waals surface area (Å²) in [6.07, 6.45) is 0.545. The van der Waals surface area contributed by atoms with Gasteiger partial charge >= 0.3 is 0 Å². The van der Waals surface area contributed by atoms with Crippen LogP contribution >= 0.6 is 0 Å². The largest absolute Gasteiger partial charge is 0.379 e. The zero-order chi connectivity index (χ0) is 18.7. The molecule has 2 saturated heterocycles. The Labute approximate surface area is 153 Å². The first kappa shape index (κ1) is 19.2. The van der Waals surface area contributed by atoms with Crippen LogP contribution in [0.5, 0.6) is 0 Å². The lowest BCUT2D eigenvalue weighted by Gasteiger charge is -2.31. The molecular formula is C17H24FN3O4S. The van der Waals surface area contributed by atoms with Gasteiger partial charge in [0.25, 0.3) is 16.1 Å². The molecule has 2 aliphatic rings. The van der Waals surface area contributed by atoms with E-state index in [-0.39, 0.29) is 24.6 Å². The highest BCUT2D eigenvalue weighted by atomic mass is 32.2. The number of aryl methyl sites for hydroxylation is 1. The van der Waals surface area contributed by atoms with E-state index < -0.39 is 16.0 Å². The first-order valence-corrected chi connectivity index (χ1v) is 10.2. The number of halogens is 1. The summed E-state index contributed by atoms with van der Waals surface area (Å²) < 4.78 is 47.3. The van der Waals surface area contributed by atoms with Gasteiger partial charge in [-0.1, -0.05) is 6.07 Å². The van der Waals surface area contributed by atoms with Gasteiger partial charge in [0, 0.05) is 44.8 Å². The maximum absolute atomic E-state index is 13.7. The van der Waals surface area contributed by atoms with E-state index in [0.717, 1.165) is 0 Å². The van der Waals surface area contributed by atoms with Crippen LogP contribution in [0.25, 0.3) is 0 Å². The van der Waals surface area contributed by atoms with Crippen molar-refractivity contribution < 1.29 is 22.3 Å². The minimum atomic E-state index is -3.55. The summed E-state index contributed by atoms with van der Waals surface area (Å²) in [7, 11) is -3.55. The molecule has 144 valence electrons. The summed E-state index contributed by atoms with van der Waals surface area (Å²) in [6, 6.07) is 4.42. The van der Waals surface area contributed by atoms with Crippen molar-refractivity contribution in [1.29, 1.82) is 0 Å². The molecule has 0 aromatic heterocycles. The maximum atomic E-state index is 13.7. The van der Waals surface area contributed by atoms with Crippen LogP contribution in [0.2, 0.25) is 0 Å². The van der Waals surface area contributed by atoms with Crippen molar-refractivity contribution in [3.8, 4) is 0 Å². The SMILES string of the molecule is Cc1ccc(C(=O)N2CCCN(S(=O)(=O)N3CCOCC3)CC2)cc1F. The van der Waals surface area contributed by atoms with Crippen molar-refractivity contribution in [3.05, 3.63) is 35.1 Å². The summed E-state index contributed by atoms with van der Waals surface area (Å²) >= 11 is 0. The normalized spacial score (nSPS) is 20.8. The second-order valence-corrected chi connectivity index (χ2v) is 8.46.